The highest BCUT2D eigenvalue weighted by molar-refractivity contribution is 5.95. The van der Waals surface area contributed by atoms with Gasteiger partial charge in [-0.25, -0.2) is 4.98 Å². The van der Waals surface area contributed by atoms with Gasteiger partial charge in [0.25, 0.3) is 5.91 Å². The SMILES string of the molecule is CNc1ncccc1COc1ccccc1C(N)=O. The fourth-order valence-corrected chi connectivity index (χ4v) is 1.73. The number of pyridine rings is 1. The van der Waals surface area contributed by atoms with Gasteiger partial charge in [0.05, 0.1) is 5.56 Å². The van der Waals surface area contributed by atoms with Crippen LogP contribution in [-0.2, 0) is 6.61 Å². The minimum absolute atomic E-state index is 0.314. The number of nitrogens with two attached hydrogens (primary N) is 1. The number of para-hydroxylation sites is 1. The van der Waals surface area contributed by atoms with Crippen molar-refractivity contribution in [3.8, 4) is 5.75 Å². The molecule has 0 bridgehead atoms. The van der Waals surface area contributed by atoms with Gasteiger partial charge in [-0.15, -0.1) is 0 Å². The zero-order valence-electron chi connectivity index (χ0n) is 10.6. The number of anilines is 1. The standard InChI is InChI=1S/C14H15N3O2/c1-16-14-10(5-4-8-17-14)9-19-12-7-3-2-6-11(12)13(15)18/h2-8H,9H2,1H3,(H2,15,18)(H,16,17). The van der Waals surface area contributed by atoms with Gasteiger partial charge in [0.15, 0.2) is 0 Å². The number of amides is 1. The van der Waals surface area contributed by atoms with E-state index in [1.54, 1.807) is 37.5 Å². The molecule has 5 nitrogen and oxygen atoms in total. The molecular formula is C14H15N3O2. The second-order valence-electron chi connectivity index (χ2n) is 3.91. The first-order valence-corrected chi connectivity index (χ1v) is 5.85. The van der Waals surface area contributed by atoms with Crippen molar-refractivity contribution in [2.24, 2.45) is 5.73 Å². The molecule has 0 saturated heterocycles. The zero-order chi connectivity index (χ0) is 13.7. The van der Waals surface area contributed by atoms with Crippen LogP contribution in [0.5, 0.6) is 5.75 Å². The normalized spacial score (nSPS) is 9.95. The second-order valence-corrected chi connectivity index (χ2v) is 3.91. The third-order valence-electron chi connectivity index (χ3n) is 2.66. The first-order valence-electron chi connectivity index (χ1n) is 5.85. The quantitative estimate of drug-likeness (QED) is 0.856. The lowest BCUT2D eigenvalue weighted by Crippen LogP contribution is -2.13. The largest absolute Gasteiger partial charge is 0.488 e. The van der Waals surface area contributed by atoms with E-state index in [-0.39, 0.29) is 0 Å². The fraction of sp³-hybridized carbons (Fsp3) is 0.143. The lowest BCUT2D eigenvalue weighted by molar-refractivity contribution is 0.0996. The molecule has 0 unspecified atom stereocenters. The van der Waals surface area contributed by atoms with Gasteiger partial charge in [0.1, 0.15) is 18.2 Å². The van der Waals surface area contributed by atoms with Crippen LogP contribution in [0.1, 0.15) is 15.9 Å². The summed E-state index contributed by atoms with van der Waals surface area (Å²) in [6, 6.07) is 10.6. The van der Waals surface area contributed by atoms with Crippen LogP contribution in [0, 0.1) is 0 Å². The summed E-state index contributed by atoms with van der Waals surface area (Å²) in [6.45, 7) is 0.314. The van der Waals surface area contributed by atoms with Crippen LogP contribution in [0.25, 0.3) is 0 Å². The van der Waals surface area contributed by atoms with Gasteiger partial charge < -0.3 is 15.8 Å². The molecule has 0 spiro atoms. The van der Waals surface area contributed by atoms with Crippen molar-refractivity contribution < 1.29 is 9.53 Å². The number of carbonyl (C=O) groups is 1. The summed E-state index contributed by atoms with van der Waals surface area (Å²) in [4.78, 5) is 15.5. The zero-order valence-corrected chi connectivity index (χ0v) is 10.6. The number of nitrogens with zero attached hydrogens (tertiary/aromatic N) is 1. The minimum atomic E-state index is -0.504. The van der Waals surface area contributed by atoms with Crippen LogP contribution in [0.15, 0.2) is 42.6 Å². The number of primary amides is 1. The Morgan fingerprint density at radius 3 is 2.84 bits per heavy atom. The van der Waals surface area contributed by atoms with Crippen LogP contribution in [0.2, 0.25) is 0 Å². The maximum Gasteiger partial charge on any atom is 0.252 e. The highest BCUT2D eigenvalue weighted by atomic mass is 16.5. The van der Waals surface area contributed by atoms with E-state index in [0.717, 1.165) is 11.4 Å². The van der Waals surface area contributed by atoms with Gasteiger partial charge in [0, 0.05) is 18.8 Å². The molecule has 0 aliphatic carbocycles. The molecule has 2 rings (SSSR count). The third-order valence-corrected chi connectivity index (χ3v) is 2.66. The highest BCUT2D eigenvalue weighted by Crippen LogP contribution is 2.20. The molecule has 19 heavy (non-hydrogen) atoms. The number of hydrogen-bond donors (Lipinski definition) is 2. The first-order chi connectivity index (χ1) is 9.22. The smallest absolute Gasteiger partial charge is 0.252 e. The number of rotatable bonds is 5. The Hall–Kier alpha value is -2.56. The van der Waals surface area contributed by atoms with E-state index in [1.807, 2.05) is 12.1 Å². The summed E-state index contributed by atoms with van der Waals surface area (Å²) in [5.74, 6) is 0.718. The maximum atomic E-state index is 11.3. The van der Waals surface area contributed by atoms with Crippen molar-refractivity contribution in [1.29, 1.82) is 0 Å². The van der Waals surface area contributed by atoms with E-state index in [4.69, 9.17) is 10.5 Å². The predicted octanol–water partition coefficient (Wildman–Crippen LogP) is 1.80. The Morgan fingerprint density at radius 1 is 1.32 bits per heavy atom. The van der Waals surface area contributed by atoms with E-state index in [2.05, 4.69) is 10.3 Å². The van der Waals surface area contributed by atoms with E-state index < -0.39 is 5.91 Å². The summed E-state index contributed by atoms with van der Waals surface area (Å²) in [5, 5.41) is 2.99. The van der Waals surface area contributed by atoms with Gasteiger partial charge >= 0.3 is 0 Å². The second kappa shape index (κ2) is 5.86. The molecule has 0 aliphatic heterocycles. The molecule has 1 amide bonds. The molecular weight excluding hydrogens is 242 g/mol. The van der Waals surface area contributed by atoms with Gasteiger partial charge in [-0.2, -0.15) is 0 Å². The Kier molecular flexibility index (Phi) is 3.97. The van der Waals surface area contributed by atoms with Gasteiger partial charge in [0.2, 0.25) is 0 Å². The topological polar surface area (TPSA) is 77.2 Å². The van der Waals surface area contributed by atoms with Gasteiger partial charge in [-0.3, -0.25) is 4.79 Å². The lowest BCUT2D eigenvalue weighted by atomic mass is 10.2. The molecule has 3 N–H and O–H groups in total. The molecule has 98 valence electrons. The molecule has 1 heterocycles. The van der Waals surface area contributed by atoms with E-state index in [9.17, 15) is 4.79 Å². The van der Waals surface area contributed by atoms with Crippen molar-refractivity contribution in [2.75, 3.05) is 12.4 Å². The molecule has 0 aliphatic rings. The van der Waals surface area contributed by atoms with Crippen molar-refractivity contribution in [3.63, 3.8) is 0 Å². The van der Waals surface area contributed by atoms with E-state index in [1.165, 1.54) is 0 Å². The van der Waals surface area contributed by atoms with Gasteiger partial charge in [-0.05, 0) is 18.2 Å². The molecule has 1 aromatic heterocycles. The molecule has 1 aromatic carbocycles. The first kappa shape index (κ1) is 12.9. The number of hydrogen-bond acceptors (Lipinski definition) is 4. The average molecular weight is 257 g/mol. The minimum Gasteiger partial charge on any atom is -0.488 e. The number of benzene rings is 1. The van der Waals surface area contributed by atoms with E-state index in [0.29, 0.717) is 17.9 Å². The summed E-state index contributed by atoms with van der Waals surface area (Å²) in [5.41, 5.74) is 6.58. The monoisotopic (exact) mass is 257 g/mol. The fourth-order valence-electron chi connectivity index (χ4n) is 1.73. The lowest BCUT2D eigenvalue weighted by Gasteiger charge is -2.11. The Morgan fingerprint density at radius 2 is 2.11 bits per heavy atom. The predicted molar refractivity (Wildman–Crippen MR) is 73.1 cm³/mol. The number of ether oxygens (including phenoxy) is 1. The molecule has 0 radical (unpaired) electrons. The third kappa shape index (κ3) is 3.01. The summed E-state index contributed by atoms with van der Waals surface area (Å²) in [6.07, 6.45) is 1.70. The van der Waals surface area contributed by atoms with Crippen LogP contribution in [0.4, 0.5) is 5.82 Å². The van der Waals surface area contributed by atoms with Crippen LogP contribution in [0.3, 0.4) is 0 Å². The van der Waals surface area contributed by atoms with Gasteiger partial charge in [-0.1, -0.05) is 18.2 Å². The average Bonchev–Trinajstić information content (AvgIpc) is 2.45. The summed E-state index contributed by atoms with van der Waals surface area (Å²) >= 11 is 0. The van der Waals surface area contributed by atoms with Crippen LogP contribution in [-0.4, -0.2) is 17.9 Å². The van der Waals surface area contributed by atoms with Crippen molar-refractivity contribution in [3.05, 3.63) is 53.7 Å². The molecule has 0 atom stereocenters. The highest BCUT2D eigenvalue weighted by Gasteiger charge is 2.09. The van der Waals surface area contributed by atoms with Crippen LogP contribution >= 0.6 is 0 Å². The molecule has 2 aromatic rings. The summed E-state index contributed by atoms with van der Waals surface area (Å²) in [7, 11) is 1.79. The van der Waals surface area contributed by atoms with Crippen molar-refractivity contribution in [2.45, 2.75) is 6.61 Å². The molecule has 0 saturated carbocycles. The molecule has 0 fully saturated rings. The Labute approximate surface area is 111 Å². The maximum absolute atomic E-state index is 11.3. The van der Waals surface area contributed by atoms with Crippen molar-refractivity contribution in [1.82, 2.24) is 4.98 Å². The van der Waals surface area contributed by atoms with Crippen LogP contribution < -0.4 is 15.8 Å². The van der Waals surface area contributed by atoms with Crippen molar-refractivity contribution >= 4 is 11.7 Å². The Bertz CT molecular complexity index is 584. The molecule has 5 heteroatoms. The number of aromatic nitrogens is 1. The number of nitrogens with one attached hydrogen (secondary N) is 1. The number of carbonyl (C=O) groups excluding carboxylic acids is 1. The summed E-state index contributed by atoms with van der Waals surface area (Å²) < 4.78 is 5.65. The van der Waals surface area contributed by atoms with E-state index >= 15 is 0 Å². The Balaban J connectivity index is 2.17.